The number of ether oxygens (including phenoxy) is 3. The molecule has 0 radical (unpaired) electrons. The van der Waals surface area contributed by atoms with Gasteiger partial charge in [0.1, 0.15) is 5.54 Å². The van der Waals surface area contributed by atoms with Crippen molar-refractivity contribution in [3.05, 3.63) is 18.2 Å². The zero-order chi connectivity index (χ0) is 18.2. The van der Waals surface area contributed by atoms with Gasteiger partial charge in [0.15, 0.2) is 11.5 Å². The SMILES string of the molecule is CCOc1ccc(NC(=O)C2(N)C3CCCOC3C2(C)C)cc1OC. The van der Waals surface area contributed by atoms with E-state index >= 15 is 0 Å². The summed E-state index contributed by atoms with van der Waals surface area (Å²) in [7, 11) is 1.58. The van der Waals surface area contributed by atoms with E-state index in [0.29, 0.717) is 23.8 Å². The minimum Gasteiger partial charge on any atom is -0.493 e. The van der Waals surface area contributed by atoms with Gasteiger partial charge in [-0.1, -0.05) is 13.8 Å². The van der Waals surface area contributed by atoms with Crippen molar-refractivity contribution >= 4 is 11.6 Å². The molecule has 2 aliphatic rings. The summed E-state index contributed by atoms with van der Waals surface area (Å²) in [5.41, 5.74) is 5.93. The summed E-state index contributed by atoms with van der Waals surface area (Å²) in [5.74, 6) is 1.11. The molecule has 3 atom stereocenters. The zero-order valence-corrected chi connectivity index (χ0v) is 15.4. The van der Waals surface area contributed by atoms with E-state index in [1.165, 1.54) is 0 Å². The van der Waals surface area contributed by atoms with Crippen LogP contribution in [0.15, 0.2) is 18.2 Å². The molecule has 1 aliphatic heterocycles. The molecule has 6 nitrogen and oxygen atoms in total. The van der Waals surface area contributed by atoms with Crippen molar-refractivity contribution in [2.24, 2.45) is 17.1 Å². The average Bonchev–Trinajstić information content (AvgIpc) is 2.62. The lowest BCUT2D eigenvalue weighted by molar-refractivity contribution is -0.222. The maximum atomic E-state index is 13.0. The van der Waals surface area contributed by atoms with Crippen molar-refractivity contribution in [2.45, 2.75) is 45.3 Å². The maximum Gasteiger partial charge on any atom is 0.245 e. The molecule has 138 valence electrons. The molecule has 1 aromatic rings. The van der Waals surface area contributed by atoms with Crippen LogP contribution in [0.5, 0.6) is 11.5 Å². The van der Waals surface area contributed by atoms with Gasteiger partial charge in [-0.25, -0.2) is 0 Å². The molecule has 0 spiro atoms. The van der Waals surface area contributed by atoms with E-state index in [2.05, 4.69) is 5.32 Å². The fraction of sp³-hybridized carbons (Fsp3) is 0.632. The number of fused-ring (bicyclic) bond motifs is 1. The molecular weight excluding hydrogens is 320 g/mol. The first-order valence-electron chi connectivity index (χ1n) is 8.89. The van der Waals surface area contributed by atoms with Crippen molar-refractivity contribution in [3.63, 3.8) is 0 Å². The highest BCUT2D eigenvalue weighted by Crippen LogP contribution is 2.57. The fourth-order valence-electron chi connectivity index (χ4n) is 4.29. The lowest BCUT2D eigenvalue weighted by atomic mass is 9.46. The van der Waals surface area contributed by atoms with Gasteiger partial charge in [-0.2, -0.15) is 0 Å². The quantitative estimate of drug-likeness (QED) is 0.854. The molecule has 6 heteroatoms. The number of methoxy groups -OCH3 is 1. The minimum absolute atomic E-state index is 0.0480. The third-order valence-electron chi connectivity index (χ3n) is 5.78. The molecular formula is C19H28N2O4. The van der Waals surface area contributed by atoms with Gasteiger partial charge in [-0.05, 0) is 31.9 Å². The third kappa shape index (κ3) is 2.68. The normalized spacial score (nSPS) is 30.0. The van der Waals surface area contributed by atoms with Crippen LogP contribution in [0.1, 0.15) is 33.6 Å². The Morgan fingerprint density at radius 1 is 1.40 bits per heavy atom. The number of anilines is 1. The summed E-state index contributed by atoms with van der Waals surface area (Å²) in [6.07, 6.45) is 1.91. The van der Waals surface area contributed by atoms with Crippen molar-refractivity contribution in [1.82, 2.24) is 0 Å². The summed E-state index contributed by atoms with van der Waals surface area (Å²) in [6, 6.07) is 5.35. The Balaban J connectivity index is 1.80. The molecule has 0 aromatic heterocycles. The van der Waals surface area contributed by atoms with E-state index in [9.17, 15) is 4.79 Å². The van der Waals surface area contributed by atoms with Crippen LogP contribution in [0.25, 0.3) is 0 Å². The Morgan fingerprint density at radius 2 is 2.16 bits per heavy atom. The van der Waals surface area contributed by atoms with Gasteiger partial charge in [-0.3, -0.25) is 4.79 Å². The number of hydrogen-bond donors (Lipinski definition) is 2. The van der Waals surface area contributed by atoms with Crippen molar-refractivity contribution < 1.29 is 19.0 Å². The van der Waals surface area contributed by atoms with Crippen molar-refractivity contribution in [1.29, 1.82) is 0 Å². The van der Waals surface area contributed by atoms with Crippen LogP contribution in [-0.2, 0) is 9.53 Å². The van der Waals surface area contributed by atoms with E-state index in [4.69, 9.17) is 19.9 Å². The van der Waals surface area contributed by atoms with E-state index < -0.39 is 11.0 Å². The summed E-state index contributed by atoms with van der Waals surface area (Å²) < 4.78 is 16.7. The number of nitrogens with two attached hydrogens (primary N) is 1. The molecule has 1 saturated heterocycles. The van der Waals surface area contributed by atoms with Gasteiger partial charge in [0.2, 0.25) is 5.91 Å². The first-order chi connectivity index (χ1) is 11.9. The van der Waals surface area contributed by atoms with E-state index in [1.54, 1.807) is 25.3 Å². The summed E-state index contributed by atoms with van der Waals surface area (Å²) in [4.78, 5) is 13.0. The molecule has 1 saturated carbocycles. The summed E-state index contributed by atoms with van der Waals surface area (Å²) in [6.45, 7) is 7.23. The second-order valence-electron chi connectivity index (χ2n) is 7.38. The molecule has 1 amide bonds. The number of benzene rings is 1. The largest absolute Gasteiger partial charge is 0.493 e. The van der Waals surface area contributed by atoms with Crippen molar-refractivity contribution in [2.75, 3.05) is 25.6 Å². The van der Waals surface area contributed by atoms with Gasteiger partial charge >= 0.3 is 0 Å². The fourth-order valence-corrected chi connectivity index (χ4v) is 4.29. The van der Waals surface area contributed by atoms with E-state index in [-0.39, 0.29) is 17.9 Å². The Labute approximate surface area is 149 Å². The van der Waals surface area contributed by atoms with Crippen LogP contribution in [0, 0.1) is 11.3 Å². The minimum atomic E-state index is -0.941. The van der Waals surface area contributed by atoms with Gasteiger partial charge in [0.25, 0.3) is 0 Å². The Morgan fingerprint density at radius 3 is 2.84 bits per heavy atom. The smallest absolute Gasteiger partial charge is 0.245 e. The van der Waals surface area contributed by atoms with E-state index in [1.807, 2.05) is 20.8 Å². The first-order valence-corrected chi connectivity index (χ1v) is 8.89. The standard InChI is InChI=1S/C19H28N2O4/c1-5-24-14-9-8-12(11-15(14)23-4)21-17(22)19(20)13-7-6-10-25-16(13)18(19,2)3/h8-9,11,13,16H,5-7,10,20H2,1-4H3,(H,21,22). The Kier molecular flexibility index (Phi) is 4.68. The zero-order valence-electron chi connectivity index (χ0n) is 15.4. The van der Waals surface area contributed by atoms with Crippen LogP contribution in [0.4, 0.5) is 5.69 Å². The molecule has 1 heterocycles. The number of carbonyl (C=O) groups excluding carboxylic acids is 1. The molecule has 25 heavy (non-hydrogen) atoms. The first kappa shape index (κ1) is 18.0. The molecule has 0 bridgehead atoms. The van der Waals surface area contributed by atoms with Crippen LogP contribution < -0.4 is 20.5 Å². The molecule has 3 unspecified atom stereocenters. The monoisotopic (exact) mass is 348 g/mol. The second-order valence-corrected chi connectivity index (χ2v) is 7.38. The Hall–Kier alpha value is -1.79. The average molecular weight is 348 g/mol. The second kappa shape index (κ2) is 6.50. The molecule has 2 fully saturated rings. The summed E-state index contributed by atoms with van der Waals surface area (Å²) in [5, 5.41) is 2.96. The highest BCUT2D eigenvalue weighted by molar-refractivity contribution is 6.00. The topological polar surface area (TPSA) is 82.8 Å². The van der Waals surface area contributed by atoms with Crippen LogP contribution >= 0.6 is 0 Å². The number of amides is 1. The van der Waals surface area contributed by atoms with Gasteiger partial charge < -0.3 is 25.3 Å². The highest BCUT2D eigenvalue weighted by atomic mass is 16.5. The Bertz CT molecular complexity index is 661. The maximum absolute atomic E-state index is 13.0. The van der Waals surface area contributed by atoms with Crippen LogP contribution in [0.2, 0.25) is 0 Å². The highest BCUT2D eigenvalue weighted by Gasteiger charge is 2.70. The van der Waals surface area contributed by atoms with Crippen molar-refractivity contribution in [3.8, 4) is 11.5 Å². The number of rotatable bonds is 5. The summed E-state index contributed by atoms with van der Waals surface area (Å²) >= 11 is 0. The lowest BCUT2D eigenvalue weighted by Crippen LogP contribution is -2.81. The molecule has 1 aliphatic carbocycles. The van der Waals surface area contributed by atoms with Gasteiger partial charge in [0, 0.05) is 29.7 Å². The number of carbonyl (C=O) groups is 1. The molecule has 3 rings (SSSR count). The molecule has 1 aromatic carbocycles. The predicted octanol–water partition coefficient (Wildman–Crippen LogP) is 2.56. The van der Waals surface area contributed by atoms with Gasteiger partial charge in [-0.15, -0.1) is 0 Å². The van der Waals surface area contributed by atoms with Crippen LogP contribution in [0.3, 0.4) is 0 Å². The number of nitrogens with one attached hydrogen (secondary N) is 1. The number of hydrogen-bond acceptors (Lipinski definition) is 5. The third-order valence-corrected chi connectivity index (χ3v) is 5.78. The van der Waals surface area contributed by atoms with E-state index in [0.717, 1.165) is 19.4 Å². The molecule has 3 N–H and O–H groups in total. The van der Waals surface area contributed by atoms with Gasteiger partial charge in [0.05, 0.1) is 19.8 Å². The predicted molar refractivity (Wildman–Crippen MR) is 96.0 cm³/mol. The van der Waals surface area contributed by atoms with Crippen LogP contribution in [-0.4, -0.2) is 37.9 Å². The lowest BCUT2D eigenvalue weighted by Gasteiger charge is -2.65.